The summed E-state index contributed by atoms with van der Waals surface area (Å²) >= 11 is 0. The van der Waals surface area contributed by atoms with E-state index < -0.39 is 0 Å². The number of carbonyl (C=O) groups excluding carboxylic acids is 2. The maximum absolute atomic E-state index is 12.2. The summed E-state index contributed by atoms with van der Waals surface area (Å²) in [6.45, 7) is 6.37. The predicted molar refractivity (Wildman–Crippen MR) is 82.7 cm³/mol. The Morgan fingerprint density at radius 2 is 1.67 bits per heavy atom. The van der Waals surface area contributed by atoms with Gasteiger partial charge >= 0.3 is 0 Å². The lowest BCUT2D eigenvalue weighted by Crippen LogP contribution is -2.48. The van der Waals surface area contributed by atoms with E-state index in [0.717, 1.165) is 5.56 Å². The van der Waals surface area contributed by atoms with Crippen LogP contribution in [-0.4, -0.2) is 30.3 Å². The average molecular weight is 288 g/mol. The molecule has 2 rings (SSSR count). The highest BCUT2D eigenvalue weighted by atomic mass is 16.2. The number of carbonyl (C=O) groups is 2. The summed E-state index contributed by atoms with van der Waals surface area (Å²) in [6.07, 6.45) is 0.867. The molecule has 4 nitrogen and oxygen atoms in total. The molecule has 1 fully saturated rings. The zero-order chi connectivity index (χ0) is 15.6. The van der Waals surface area contributed by atoms with Crippen LogP contribution >= 0.6 is 0 Å². The minimum absolute atomic E-state index is 0.0280. The summed E-state index contributed by atoms with van der Waals surface area (Å²) in [5.41, 5.74) is 2.07. The van der Waals surface area contributed by atoms with Gasteiger partial charge in [0.15, 0.2) is 0 Å². The van der Waals surface area contributed by atoms with Gasteiger partial charge in [-0.25, -0.2) is 0 Å². The first kappa shape index (κ1) is 15.7. The molecule has 1 aliphatic heterocycles. The van der Waals surface area contributed by atoms with E-state index in [1.54, 1.807) is 0 Å². The predicted octanol–water partition coefficient (Wildman–Crippen LogP) is 2.43. The highest BCUT2D eigenvalue weighted by Crippen LogP contribution is 2.32. The summed E-state index contributed by atoms with van der Waals surface area (Å²) < 4.78 is 0. The molecule has 1 aromatic rings. The number of likely N-dealkylation sites (N-methyl/N-ethyl adjacent to an activating group) is 1. The Labute approximate surface area is 126 Å². The fourth-order valence-electron chi connectivity index (χ4n) is 2.76. The number of hydrogen-bond donors (Lipinski definition) is 1. The second kappa shape index (κ2) is 5.98. The summed E-state index contributed by atoms with van der Waals surface area (Å²) in [6, 6.07) is 8.14. The van der Waals surface area contributed by atoms with Crippen LogP contribution in [0.5, 0.6) is 0 Å². The fraction of sp³-hybridized carbons (Fsp3) is 0.529. The van der Waals surface area contributed by atoms with Crippen LogP contribution in [0.15, 0.2) is 24.3 Å². The van der Waals surface area contributed by atoms with Gasteiger partial charge < -0.3 is 5.32 Å². The molecule has 0 spiro atoms. The van der Waals surface area contributed by atoms with Crippen LogP contribution in [0.3, 0.4) is 0 Å². The topological polar surface area (TPSA) is 49.4 Å². The summed E-state index contributed by atoms with van der Waals surface area (Å²) in [4.78, 5) is 25.9. The van der Waals surface area contributed by atoms with Crippen molar-refractivity contribution in [2.24, 2.45) is 5.41 Å². The quantitative estimate of drug-likeness (QED) is 0.866. The van der Waals surface area contributed by atoms with Crippen molar-refractivity contribution in [1.29, 1.82) is 0 Å². The number of nitrogens with zero attached hydrogens (tertiary/aromatic N) is 1. The molecule has 1 unspecified atom stereocenters. The molecule has 1 aliphatic rings. The van der Waals surface area contributed by atoms with E-state index in [2.05, 4.69) is 5.32 Å². The Morgan fingerprint density at radius 1 is 1.14 bits per heavy atom. The van der Waals surface area contributed by atoms with Gasteiger partial charge in [0.25, 0.3) is 0 Å². The van der Waals surface area contributed by atoms with Gasteiger partial charge in [-0.3, -0.25) is 14.5 Å². The van der Waals surface area contributed by atoms with Gasteiger partial charge in [-0.15, -0.1) is 0 Å². The van der Waals surface area contributed by atoms with Crippen LogP contribution in [0.4, 0.5) is 0 Å². The minimum atomic E-state index is -0.219. The van der Waals surface area contributed by atoms with Gasteiger partial charge in [0.1, 0.15) is 0 Å². The summed E-state index contributed by atoms with van der Waals surface area (Å²) in [5.74, 6) is -0.132. The van der Waals surface area contributed by atoms with Crippen molar-refractivity contribution in [2.75, 3.05) is 13.6 Å². The Kier molecular flexibility index (Phi) is 4.47. The van der Waals surface area contributed by atoms with Crippen LogP contribution in [0, 0.1) is 12.3 Å². The number of imide groups is 1. The average Bonchev–Trinajstić information content (AvgIpc) is 2.38. The van der Waals surface area contributed by atoms with Crippen molar-refractivity contribution in [3.8, 4) is 0 Å². The largest absolute Gasteiger partial charge is 0.312 e. The summed E-state index contributed by atoms with van der Waals surface area (Å²) in [5, 5.41) is 3.20. The Balaban J connectivity index is 2.13. The molecule has 0 aliphatic carbocycles. The van der Waals surface area contributed by atoms with Crippen LogP contribution in [-0.2, 0) is 9.59 Å². The van der Waals surface area contributed by atoms with Crippen LogP contribution in [0.2, 0.25) is 0 Å². The van der Waals surface area contributed by atoms with Crippen LogP contribution in [0.25, 0.3) is 0 Å². The van der Waals surface area contributed by atoms with Crippen molar-refractivity contribution in [3.63, 3.8) is 0 Å². The van der Waals surface area contributed by atoms with E-state index in [1.165, 1.54) is 10.5 Å². The standard InChI is InChI=1S/C17H24N2O2/c1-12-5-7-13(8-6-12)14(18-4)11-19-15(20)9-17(2,3)10-16(19)21/h5-8,14,18H,9-11H2,1-4H3. The van der Waals surface area contributed by atoms with Crippen molar-refractivity contribution in [1.82, 2.24) is 10.2 Å². The zero-order valence-electron chi connectivity index (χ0n) is 13.3. The van der Waals surface area contributed by atoms with Gasteiger partial charge in [-0.2, -0.15) is 0 Å². The van der Waals surface area contributed by atoms with E-state index in [4.69, 9.17) is 0 Å². The smallest absolute Gasteiger partial charge is 0.229 e. The van der Waals surface area contributed by atoms with Gasteiger partial charge in [-0.05, 0) is 24.9 Å². The van der Waals surface area contributed by atoms with Crippen molar-refractivity contribution >= 4 is 11.8 Å². The molecule has 1 atom stereocenters. The molecule has 0 bridgehead atoms. The molecule has 21 heavy (non-hydrogen) atoms. The molecule has 2 amide bonds. The first-order chi connectivity index (χ1) is 9.82. The van der Waals surface area contributed by atoms with E-state index in [0.29, 0.717) is 19.4 Å². The van der Waals surface area contributed by atoms with Crippen LogP contribution in [0.1, 0.15) is 43.9 Å². The van der Waals surface area contributed by atoms with Gasteiger partial charge in [-0.1, -0.05) is 43.7 Å². The van der Waals surface area contributed by atoms with E-state index >= 15 is 0 Å². The fourth-order valence-corrected chi connectivity index (χ4v) is 2.76. The molecule has 0 saturated carbocycles. The Bertz CT molecular complexity index is 514. The first-order valence-electron chi connectivity index (χ1n) is 7.39. The number of nitrogens with one attached hydrogen (secondary N) is 1. The molecule has 1 heterocycles. The first-order valence-corrected chi connectivity index (χ1v) is 7.39. The number of amides is 2. The highest BCUT2D eigenvalue weighted by molar-refractivity contribution is 5.98. The Hall–Kier alpha value is -1.68. The second-order valence-corrected chi connectivity index (χ2v) is 6.67. The third-order valence-electron chi connectivity index (χ3n) is 4.05. The lowest BCUT2D eigenvalue weighted by Gasteiger charge is -2.36. The van der Waals surface area contributed by atoms with Crippen LogP contribution < -0.4 is 5.32 Å². The maximum atomic E-state index is 12.2. The van der Waals surface area contributed by atoms with Crippen molar-refractivity contribution < 1.29 is 9.59 Å². The number of hydrogen-bond acceptors (Lipinski definition) is 3. The van der Waals surface area contributed by atoms with Crippen molar-refractivity contribution in [2.45, 2.75) is 39.7 Å². The number of likely N-dealkylation sites (tertiary alicyclic amines) is 1. The minimum Gasteiger partial charge on any atom is -0.312 e. The molecule has 1 saturated heterocycles. The normalized spacial score (nSPS) is 19.7. The molecule has 4 heteroatoms. The molecule has 0 aromatic heterocycles. The zero-order valence-corrected chi connectivity index (χ0v) is 13.3. The Morgan fingerprint density at radius 3 is 2.14 bits per heavy atom. The number of benzene rings is 1. The lowest BCUT2D eigenvalue weighted by atomic mass is 9.81. The monoisotopic (exact) mass is 288 g/mol. The van der Waals surface area contributed by atoms with Gasteiger partial charge in [0, 0.05) is 19.4 Å². The van der Waals surface area contributed by atoms with E-state index in [1.807, 2.05) is 52.1 Å². The highest BCUT2D eigenvalue weighted by Gasteiger charge is 2.38. The number of aryl methyl sites for hydroxylation is 1. The van der Waals surface area contributed by atoms with Gasteiger partial charge in [0.05, 0.1) is 6.04 Å². The van der Waals surface area contributed by atoms with Crippen molar-refractivity contribution in [3.05, 3.63) is 35.4 Å². The molecule has 114 valence electrons. The van der Waals surface area contributed by atoms with E-state index in [-0.39, 0.29) is 23.3 Å². The molecule has 1 aromatic carbocycles. The number of rotatable bonds is 4. The second-order valence-electron chi connectivity index (χ2n) is 6.67. The number of piperidine rings is 1. The molecule has 0 radical (unpaired) electrons. The third-order valence-corrected chi connectivity index (χ3v) is 4.05. The van der Waals surface area contributed by atoms with Gasteiger partial charge in [0.2, 0.25) is 11.8 Å². The molecule has 1 N–H and O–H groups in total. The molecular formula is C17H24N2O2. The maximum Gasteiger partial charge on any atom is 0.229 e. The lowest BCUT2D eigenvalue weighted by molar-refractivity contribution is -0.152. The summed E-state index contributed by atoms with van der Waals surface area (Å²) in [7, 11) is 1.85. The molecular weight excluding hydrogens is 264 g/mol. The third kappa shape index (κ3) is 3.70. The van der Waals surface area contributed by atoms with E-state index in [9.17, 15) is 9.59 Å². The SMILES string of the molecule is CNC(CN1C(=O)CC(C)(C)CC1=O)c1ccc(C)cc1.